The Morgan fingerprint density at radius 3 is 2.79 bits per heavy atom. The topological polar surface area (TPSA) is 23.8 Å². The van der Waals surface area contributed by atoms with Crippen molar-refractivity contribution in [1.29, 1.82) is 5.26 Å². The van der Waals surface area contributed by atoms with E-state index in [1.165, 1.54) is 11.1 Å². The molecular formula is C13H16N. The zero-order valence-electron chi connectivity index (χ0n) is 8.71. The number of hydrogen-bond acceptors (Lipinski definition) is 1. The van der Waals surface area contributed by atoms with Crippen molar-refractivity contribution in [2.45, 2.75) is 32.6 Å². The van der Waals surface area contributed by atoms with E-state index in [4.69, 9.17) is 5.26 Å². The summed E-state index contributed by atoms with van der Waals surface area (Å²) in [6.07, 6.45) is 4.04. The van der Waals surface area contributed by atoms with Crippen LogP contribution in [0.2, 0.25) is 0 Å². The first-order valence-corrected chi connectivity index (χ1v) is 5.13. The average molecular weight is 186 g/mol. The average Bonchev–Trinajstić information content (AvgIpc) is 2.25. The van der Waals surface area contributed by atoms with E-state index >= 15 is 0 Å². The standard InChI is InChI=1S/C13H16N/c1-3-5-7-11-8-6-9-12(10-14)13(11)4-2/h6,8-9H,1,3-5,7H2,2H3. The molecule has 0 saturated heterocycles. The quantitative estimate of drug-likeness (QED) is 0.708. The van der Waals surface area contributed by atoms with Crippen LogP contribution < -0.4 is 0 Å². The molecule has 0 bridgehead atoms. The Labute approximate surface area is 86.4 Å². The number of benzene rings is 1. The summed E-state index contributed by atoms with van der Waals surface area (Å²) in [6, 6.07) is 8.23. The Hall–Kier alpha value is -1.29. The predicted molar refractivity (Wildman–Crippen MR) is 58.8 cm³/mol. The third kappa shape index (κ3) is 2.35. The van der Waals surface area contributed by atoms with Gasteiger partial charge in [0.2, 0.25) is 0 Å². The van der Waals surface area contributed by atoms with Crippen LogP contribution in [0.15, 0.2) is 18.2 Å². The molecular weight excluding hydrogens is 170 g/mol. The summed E-state index contributed by atoms with van der Waals surface area (Å²) in [4.78, 5) is 0. The van der Waals surface area contributed by atoms with Gasteiger partial charge in [0.05, 0.1) is 11.6 Å². The van der Waals surface area contributed by atoms with Crippen molar-refractivity contribution in [2.24, 2.45) is 0 Å². The van der Waals surface area contributed by atoms with Crippen LogP contribution in [0.25, 0.3) is 0 Å². The minimum absolute atomic E-state index is 0.828. The zero-order valence-corrected chi connectivity index (χ0v) is 8.71. The minimum atomic E-state index is 0.828. The highest BCUT2D eigenvalue weighted by atomic mass is 14.2. The van der Waals surface area contributed by atoms with E-state index in [1.807, 2.05) is 12.1 Å². The van der Waals surface area contributed by atoms with Gasteiger partial charge in [0.15, 0.2) is 0 Å². The first-order chi connectivity index (χ1) is 6.83. The van der Waals surface area contributed by atoms with E-state index in [-0.39, 0.29) is 0 Å². The van der Waals surface area contributed by atoms with Gasteiger partial charge in [-0.15, -0.1) is 0 Å². The Kier molecular flexibility index (Phi) is 4.19. The molecule has 0 aliphatic heterocycles. The lowest BCUT2D eigenvalue weighted by Gasteiger charge is -2.08. The third-order valence-electron chi connectivity index (χ3n) is 2.44. The number of hydrogen-bond donors (Lipinski definition) is 0. The van der Waals surface area contributed by atoms with E-state index < -0.39 is 0 Å². The molecule has 1 aromatic rings. The van der Waals surface area contributed by atoms with Gasteiger partial charge in [-0.05, 0) is 36.5 Å². The van der Waals surface area contributed by atoms with Crippen LogP contribution in [0.3, 0.4) is 0 Å². The maximum Gasteiger partial charge on any atom is 0.0994 e. The van der Waals surface area contributed by atoms with E-state index in [9.17, 15) is 0 Å². The molecule has 0 spiro atoms. The smallest absolute Gasteiger partial charge is 0.0994 e. The molecule has 0 saturated carbocycles. The van der Waals surface area contributed by atoms with Gasteiger partial charge in [0.25, 0.3) is 0 Å². The van der Waals surface area contributed by atoms with Crippen molar-refractivity contribution in [3.05, 3.63) is 41.8 Å². The summed E-state index contributed by atoms with van der Waals surface area (Å²) in [6.45, 7) is 5.93. The van der Waals surface area contributed by atoms with Crippen molar-refractivity contribution in [3.8, 4) is 6.07 Å². The molecule has 14 heavy (non-hydrogen) atoms. The number of unbranched alkanes of at least 4 members (excludes halogenated alkanes) is 1. The number of nitriles is 1. The van der Waals surface area contributed by atoms with Crippen molar-refractivity contribution in [3.63, 3.8) is 0 Å². The zero-order chi connectivity index (χ0) is 10.4. The van der Waals surface area contributed by atoms with Gasteiger partial charge in [0.1, 0.15) is 0 Å². The van der Waals surface area contributed by atoms with Gasteiger partial charge in [-0.25, -0.2) is 0 Å². The monoisotopic (exact) mass is 186 g/mol. The van der Waals surface area contributed by atoms with Crippen LogP contribution in [-0.2, 0) is 12.8 Å². The van der Waals surface area contributed by atoms with Crippen LogP contribution >= 0.6 is 0 Å². The fourth-order valence-corrected chi connectivity index (χ4v) is 1.71. The first-order valence-electron chi connectivity index (χ1n) is 5.13. The summed E-state index contributed by atoms with van der Waals surface area (Å²) in [5, 5.41) is 8.94. The predicted octanol–water partition coefficient (Wildman–Crippen LogP) is 3.28. The summed E-state index contributed by atoms with van der Waals surface area (Å²) in [5.41, 5.74) is 3.35. The minimum Gasteiger partial charge on any atom is -0.192 e. The highest BCUT2D eigenvalue weighted by Crippen LogP contribution is 2.17. The van der Waals surface area contributed by atoms with E-state index in [0.717, 1.165) is 31.2 Å². The molecule has 1 aromatic carbocycles. The molecule has 0 heterocycles. The van der Waals surface area contributed by atoms with Crippen LogP contribution in [0.4, 0.5) is 0 Å². The molecule has 0 amide bonds. The van der Waals surface area contributed by atoms with Crippen LogP contribution in [-0.4, -0.2) is 0 Å². The second kappa shape index (κ2) is 5.44. The molecule has 0 N–H and O–H groups in total. The van der Waals surface area contributed by atoms with Gasteiger partial charge in [-0.1, -0.05) is 32.4 Å². The second-order valence-electron chi connectivity index (χ2n) is 3.37. The van der Waals surface area contributed by atoms with Gasteiger partial charge in [-0.2, -0.15) is 5.26 Å². The lowest BCUT2D eigenvalue weighted by atomic mass is 9.96. The van der Waals surface area contributed by atoms with Crippen molar-refractivity contribution < 1.29 is 0 Å². The van der Waals surface area contributed by atoms with Crippen molar-refractivity contribution in [2.75, 3.05) is 0 Å². The molecule has 0 aliphatic carbocycles. The SMILES string of the molecule is [CH2]CCCc1cccc(C#N)c1CC. The van der Waals surface area contributed by atoms with Gasteiger partial charge < -0.3 is 0 Å². The molecule has 0 aromatic heterocycles. The van der Waals surface area contributed by atoms with Crippen LogP contribution in [0.5, 0.6) is 0 Å². The number of nitrogens with zero attached hydrogens (tertiary/aromatic N) is 1. The third-order valence-corrected chi connectivity index (χ3v) is 2.44. The van der Waals surface area contributed by atoms with Crippen molar-refractivity contribution in [1.82, 2.24) is 0 Å². The fourth-order valence-electron chi connectivity index (χ4n) is 1.71. The van der Waals surface area contributed by atoms with Gasteiger partial charge >= 0.3 is 0 Å². The fraction of sp³-hybridized carbons (Fsp3) is 0.385. The molecule has 73 valence electrons. The summed E-state index contributed by atoms with van der Waals surface area (Å²) in [5.74, 6) is 0. The molecule has 1 radical (unpaired) electrons. The highest BCUT2D eigenvalue weighted by Gasteiger charge is 2.04. The molecule has 1 heteroatoms. The van der Waals surface area contributed by atoms with Crippen molar-refractivity contribution >= 4 is 0 Å². The maximum atomic E-state index is 8.94. The normalized spacial score (nSPS) is 9.79. The molecule has 1 rings (SSSR count). The number of rotatable bonds is 4. The Morgan fingerprint density at radius 2 is 2.21 bits per heavy atom. The van der Waals surface area contributed by atoms with Crippen LogP contribution in [0.1, 0.15) is 36.5 Å². The lowest BCUT2D eigenvalue weighted by Crippen LogP contribution is -1.96. The summed E-state index contributed by atoms with van der Waals surface area (Å²) >= 11 is 0. The Balaban J connectivity index is 2.98. The summed E-state index contributed by atoms with van der Waals surface area (Å²) in [7, 11) is 0. The highest BCUT2D eigenvalue weighted by molar-refractivity contribution is 5.42. The first kappa shape index (κ1) is 10.8. The molecule has 0 unspecified atom stereocenters. The molecule has 0 aliphatic rings. The molecule has 0 fully saturated rings. The van der Waals surface area contributed by atoms with Crippen LogP contribution in [0, 0.1) is 18.3 Å². The van der Waals surface area contributed by atoms with E-state index in [2.05, 4.69) is 26.0 Å². The Bertz CT molecular complexity index is 334. The van der Waals surface area contributed by atoms with E-state index in [1.54, 1.807) is 0 Å². The molecule has 1 nitrogen and oxygen atoms in total. The van der Waals surface area contributed by atoms with Gasteiger partial charge in [0, 0.05) is 0 Å². The molecule has 0 atom stereocenters. The van der Waals surface area contributed by atoms with Gasteiger partial charge in [-0.3, -0.25) is 0 Å². The maximum absolute atomic E-state index is 8.94. The Morgan fingerprint density at radius 1 is 1.43 bits per heavy atom. The second-order valence-corrected chi connectivity index (χ2v) is 3.37. The van der Waals surface area contributed by atoms with E-state index in [0.29, 0.717) is 0 Å². The lowest BCUT2D eigenvalue weighted by molar-refractivity contribution is 0.828. The largest absolute Gasteiger partial charge is 0.192 e. The number of aryl methyl sites for hydroxylation is 1. The summed E-state index contributed by atoms with van der Waals surface area (Å²) < 4.78 is 0.